The molecule has 1 aromatic heterocycles. The molecule has 19 heavy (non-hydrogen) atoms. The van der Waals surface area contributed by atoms with Gasteiger partial charge in [0.2, 0.25) is 0 Å². The maximum atomic E-state index is 5.90. The van der Waals surface area contributed by atoms with Gasteiger partial charge in [-0.1, -0.05) is 12.2 Å². The Balaban J connectivity index is 1.97. The van der Waals surface area contributed by atoms with Gasteiger partial charge in [-0.2, -0.15) is 0 Å². The highest BCUT2D eigenvalue weighted by Gasteiger charge is 2.23. The molecule has 0 spiro atoms. The normalized spacial score (nSPS) is 19.5. The van der Waals surface area contributed by atoms with Gasteiger partial charge >= 0.3 is 0 Å². The Morgan fingerprint density at radius 2 is 2.00 bits per heavy atom. The zero-order chi connectivity index (χ0) is 13.4. The van der Waals surface area contributed by atoms with Crippen LogP contribution >= 0.6 is 12.2 Å². The van der Waals surface area contributed by atoms with Crippen molar-refractivity contribution in [2.75, 3.05) is 38.1 Å². The van der Waals surface area contributed by atoms with Crippen LogP contribution in [0, 0.1) is 0 Å². The monoisotopic (exact) mass is 276 g/mol. The molecule has 2 N–H and O–H groups in total. The van der Waals surface area contributed by atoms with E-state index in [2.05, 4.69) is 22.9 Å². The third-order valence-corrected chi connectivity index (χ3v) is 4.32. The first-order valence-electron chi connectivity index (χ1n) is 6.91. The van der Waals surface area contributed by atoms with Crippen LogP contribution in [-0.2, 0) is 12.8 Å². The second-order valence-corrected chi connectivity index (χ2v) is 5.91. The molecule has 1 aliphatic heterocycles. The van der Waals surface area contributed by atoms with Crippen molar-refractivity contribution < 1.29 is 0 Å². The Bertz CT molecular complexity index is 506. The van der Waals surface area contributed by atoms with E-state index >= 15 is 0 Å². The summed E-state index contributed by atoms with van der Waals surface area (Å²) in [6, 6.07) is 2.17. The molecule has 0 saturated carbocycles. The van der Waals surface area contributed by atoms with E-state index in [-0.39, 0.29) is 0 Å². The smallest absolute Gasteiger partial charge is 0.139 e. The van der Waals surface area contributed by atoms with E-state index in [4.69, 9.17) is 22.9 Å². The van der Waals surface area contributed by atoms with Crippen LogP contribution in [0.1, 0.15) is 23.2 Å². The first-order chi connectivity index (χ1) is 9.15. The Morgan fingerprint density at radius 3 is 2.68 bits per heavy atom. The molecule has 0 unspecified atom stereocenters. The van der Waals surface area contributed by atoms with Crippen molar-refractivity contribution in [3.63, 3.8) is 0 Å². The summed E-state index contributed by atoms with van der Waals surface area (Å²) in [5, 5.41) is 0. The summed E-state index contributed by atoms with van der Waals surface area (Å²) < 4.78 is 0. The summed E-state index contributed by atoms with van der Waals surface area (Å²) in [6.45, 7) is 4.13. The van der Waals surface area contributed by atoms with Crippen LogP contribution in [0.3, 0.4) is 0 Å². The summed E-state index contributed by atoms with van der Waals surface area (Å²) in [7, 11) is 2.15. The molecule has 0 aromatic carbocycles. The van der Waals surface area contributed by atoms with E-state index < -0.39 is 0 Å². The van der Waals surface area contributed by atoms with Gasteiger partial charge < -0.3 is 15.5 Å². The van der Waals surface area contributed by atoms with Gasteiger partial charge in [-0.15, -0.1) is 0 Å². The van der Waals surface area contributed by atoms with Crippen molar-refractivity contribution in [2.45, 2.75) is 19.3 Å². The number of pyridine rings is 1. The van der Waals surface area contributed by atoms with Gasteiger partial charge in [-0.05, 0) is 37.9 Å². The van der Waals surface area contributed by atoms with E-state index in [9.17, 15) is 0 Å². The number of thiocarbonyl (C=S) groups is 1. The van der Waals surface area contributed by atoms with E-state index in [0.29, 0.717) is 4.99 Å². The van der Waals surface area contributed by atoms with E-state index in [1.54, 1.807) is 0 Å². The molecule has 3 rings (SSSR count). The summed E-state index contributed by atoms with van der Waals surface area (Å²) in [4.78, 5) is 10.00. The van der Waals surface area contributed by atoms with Gasteiger partial charge in [0.25, 0.3) is 0 Å². The number of likely N-dealkylation sites (N-methyl/N-ethyl adjacent to an activating group) is 1. The quantitative estimate of drug-likeness (QED) is 0.815. The van der Waals surface area contributed by atoms with Crippen LogP contribution in [0.2, 0.25) is 0 Å². The number of aromatic nitrogens is 1. The molecule has 2 aliphatic rings. The lowest BCUT2D eigenvalue weighted by molar-refractivity contribution is 0.312. The Labute approximate surface area is 119 Å². The van der Waals surface area contributed by atoms with Gasteiger partial charge in [0.15, 0.2) is 0 Å². The lowest BCUT2D eigenvalue weighted by atomic mass is 10.1. The number of rotatable bonds is 2. The van der Waals surface area contributed by atoms with Gasteiger partial charge in [0.1, 0.15) is 10.8 Å². The standard InChI is InChI=1S/C14H20N4S/c1-17-5-7-18(8-6-17)14-11(13(15)19)9-10-3-2-4-12(10)16-14/h9H,2-8H2,1H3,(H2,15,19). The Kier molecular flexibility index (Phi) is 3.41. The molecule has 1 fully saturated rings. The molecule has 0 radical (unpaired) electrons. The van der Waals surface area contributed by atoms with Crippen molar-refractivity contribution >= 4 is 23.0 Å². The highest BCUT2D eigenvalue weighted by Crippen LogP contribution is 2.28. The lowest BCUT2D eigenvalue weighted by Crippen LogP contribution is -2.45. The fraction of sp³-hybridized carbons (Fsp3) is 0.571. The number of nitrogens with zero attached hydrogens (tertiary/aromatic N) is 3. The molecule has 4 nitrogen and oxygen atoms in total. The number of nitrogens with two attached hydrogens (primary N) is 1. The van der Waals surface area contributed by atoms with Crippen LogP contribution in [0.5, 0.6) is 0 Å². The molecule has 1 aromatic rings. The van der Waals surface area contributed by atoms with Crippen LogP contribution in [-0.4, -0.2) is 48.1 Å². The molecular weight excluding hydrogens is 256 g/mol. The minimum atomic E-state index is 0.469. The van der Waals surface area contributed by atoms with Gasteiger partial charge in [0.05, 0.1) is 5.56 Å². The fourth-order valence-corrected chi connectivity index (χ4v) is 3.05. The molecule has 0 atom stereocenters. The van der Waals surface area contributed by atoms with Gasteiger partial charge in [0, 0.05) is 31.9 Å². The second-order valence-electron chi connectivity index (χ2n) is 5.47. The third-order valence-electron chi connectivity index (χ3n) is 4.10. The van der Waals surface area contributed by atoms with E-state index in [1.807, 2.05) is 0 Å². The van der Waals surface area contributed by atoms with Gasteiger partial charge in [-0.3, -0.25) is 0 Å². The lowest BCUT2D eigenvalue weighted by Gasteiger charge is -2.34. The molecular formula is C14H20N4S. The molecule has 0 amide bonds. The Hall–Kier alpha value is -1.20. The summed E-state index contributed by atoms with van der Waals surface area (Å²) >= 11 is 5.21. The predicted octanol–water partition coefficient (Wildman–Crippen LogP) is 0.956. The first kappa shape index (κ1) is 12.8. The molecule has 1 saturated heterocycles. The zero-order valence-corrected chi connectivity index (χ0v) is 12.2. The number of hydrogen-bond donors (Lipinski definition) is 1. The van der Waals surface area contributed by atoms with E-state index in [1.165, 1.54) is 17.7 Å². The minimum absolute atomic E-state index is 0.469. The number of fused-ring (bicyclic) bond motifs is 1. The highest BCUT2D eigenvalue weighted by molar-refractivity contribution is 7.80. The van der Waals surface area contributed by atoms with Crippen molar-refractivity contribution in [1.29, 1.82) is 0 Å². The third kappa shape index (κ3) is 2.44. The van der Waals surface area contributed by atoms with Crippen molar-refractivity contribution in [2.24, 2.45) is 5.73 Å². The van der Waals surface area contributed by atoms with Crippen LogP contribution in [0.4, 0.5) is 5.82 Å². The molecule has 1 aliphatic carbocycles. The molecule has 2 heterocycles. The number of aryl methyl sites for hydroxylation is 2. The zero-order valence-electron chi connectivity index (χ0n) is 11.4. The maximum Gasteiger partial charge on any atom is 0.139 e. The molecule has 0 bridgehead atoms. The molecule has 5 heteroatoms. The summed E-state index contributed by atoms with van der Waals surface area (Å²) in [5.74, 6) is 1.00. The van der Waals surface area contributed by atoms with Crippen LogP contribution in [0.25, 0.3) is 0 Å². The SMILES string of the molecule is CN1CCN(c2nc3c(cc2C(N)=S)CCC3)CC1. The highest BCUT2D eigenvalue weighted by atomic mass is 32.1. The first-order valence-corrected chi connectivity index (χ1v) is 7.32. The van der Waals surface area contributed by atoms with Crippen molar-refractivity contribution in [3.8, 4) is 0 Å². The van der Waals surface area contributed by atoms with Crippen LogP contribution < -0.4 is 10.6 Å². The summed E-state index contributed by atoms with van der Waals surface area (Å²) in [5.41, 5.74) is 9.43. The topological polar surface area (TPSA) is 45.4 Å². The van der Waals surface area contributed by atoms with Gasteiger partial charge in [-0.25, -0.2) is 4.98 Å². The number of hydrogen-bond acceptors (Lipinski definition) is 4. The van der Waals surface area contributed by atoms with Crippen molar-refractivity contribution in [3.05, 3.63) is 22.9 Å². The fourth-order valence-electron chi connectivity index (χ4n) is 2.90. The molecule has 102 valence electrons. The average molecular weight is 276 g/mol. The summed E-state index contributed by atoms with van der Waals surface area (Å²) in [6.07, 6.45) is 3.40. The largest absolute Gasteiger partial charge is 0.389 e. The van der Waals surface area contributed by atoms with E-state index in [0.717, 1.165) is 50.4 Å². The second kappa shape index (κ2) is 5.06. The average Bonchev–Trinajstić information content (AvgIpc) is 2.85. The maximum absolute atomic E-state index is 5.90. The van der Waals surface area contributed by atoms with Crippen LogP contribution in [0.15, 0.2) is 6.07 Å². The minimum Gasteiger partial charge on any atom is -0.389 e. The van der Waals surface area contributed by atoms with Crippen molar-refractivity contribution in [1.82, 2.24) is 9.88 Å². The number of anilines is 1. The predicted molar refractivity (Wildman–Crippen MR) is 81.9 cm³/mol. The number of piperazine rings is 1. The Morgan fingerprint density at radius 1 is 1.26 bits per heavy atom.